The SMILES string of the molecule is CCOC(=O)C1=NC(c2ccc3[nH]c(C(=O)OCC)cc3c2)=C(C)C1. The van der Waals surface area contributed by atoms with Crippen LogP contribution in [0.5, 0.6) is 0 Å². The van der Waals surface area contributed by atoms with Crippen LogP contribution < -0.4 is 0 Å². The van der Waals surface area contributed by atoms with Crippen LogP contribution in [0.15, 0.2) is 34.8 Å². The van der Waals surface area contributed by atoms with Crippen LogP contribution in [0, 0.1) is 0 Å². The normalized spacial score (nSPS) is 14.0. The third-order valence-electron chi connectivity index (χ3n) is 3.98. The number of carbonyl (C=O) groups excluding carboxylic acids is 2. The summed E-state index contributed by atoms with van der Waals surface area (Å²) in [5.41, 5.74) is 4.39. The third kappa shape index (κ3) is 3.33. The number of nitrogens with one attached hydrogen (secondary N) is 1. The zero-order chi connectivity index (χ0) is 18.0. The molecule has 0 aliphatic carbocycles. The number of rotatable bonds is 5. The number of ether oxygens (including phenoxy) is 2. The van der Waals surface area contributed by atoms with Crippen molar-refractivity contribution < 1.29 is 19.1 Å². The van der Waals surface area contributed by atoms with E-state index in [1.807, 2.05) is 25.1 Å². The highest BCUT2D eigenvalue weighted by molar-refractivity contribution is 6.39. The van der Waals surface area contributed by atoms with Crippen molar-refractivity contribution in [2.75, 3.05) is 13.2 Å². The molecule has 2 heterocycles. The van der Waals surface area contributed by atoms with Crippen molar-refractivity contribution in [3.8, 4) is 0 Å². The summed E-state index contributed by atoms with van der Waals surface area (Å²) in [4.78, 5) is 31.2. The van der Waals surface area contributed by atoms with Crippen molar-refractivity contribution in [2.24, 2.45) is 4.99 Å². The highest BCUT2D eigenvalue weighted by Crippen LogP contribution is 2.31. The molecule has 0 bridgehead atoms. The molecule has 0 radical (unpaired) electrons. The van der Waals surface area contributed by atoms with Crippen LogP contribution in [-0.4, -0.2) is 35.8 Å². The quantitative estimate of drug-likeness (QED) is 0.845. The predicted molar refractivity (Wildman–Crippen MR) is 95.5 cm³/mol. The van der Waals surface area contributed by atoms with Gasteiger partial charge in [0, 0.05) is 22.9 Å². The molecule has 1 aliphatic heterocycles. The van der Waals surface area contributed by atoms with Crippen LogP contribution in [0.4, 0.5) is 0 Å². The summed E-state index contributed by atoms with van der Waals surface area (Å²) in [7, 11) is 0. The van der Waals surface area contributed by atoms with Crippen LogP contribution in [0.2, 0.25) is 0 Å². The molecule has 0 spiro atoms. The average molecular weight is 340 g/mol. The molecule has 1 aromatic heterocycles. The summed E-state index contributed by atoms with van der Waals surface area (Å²) >= 11 is 0. The molecular formula is C19H20N2O4. The van der Waals surface area contributed by atoms with Gasteiger partial charge in [-0.05, 0) is 44.5 Å². The molecule has 6 nitrogen and oxygen atoms in total. The smallest absolute Gasteiger partial charge is 0.354 e. The molecule has 0 amide bonds. The predicted octanol–water partition coefficient (Wildman–Crippen LogP) is 3.48. The van der Waals surface area contributed by atoms with Crippen LogP contribution in [0.3, 0.4) is 0 Å². The molecule has 1 aliphatic rings. The second-order valence-electron chi connectivity index (χ2n) is 5.79. The monoisotopic (exact) mass is 340 g/mol. The van der Waals surface area contributed by atoms with Gasteiger partial charge in [-0.1, -0.05) is 6.07 Å². The van der Waals surface area contributed by atoms with E-state index in [9.17, 15) is 9.59 Å². The molecule has 0 saturated carbocycles. The van der Waals surface area contributed by atoms with Crippen molar-refractivity contribution in [1.29, 1.82) is 0 Å². The van der Waals surface area contributed by atoms with Crippen LogP contribution in [0.1, 0.15) is 43.2 Å². The number of H-pyrrole nitrogens is 1. The molecule has 6 heteroatoms. The first kappa shape index (κ1) is 17.0. The van der Waals surface area contributed by atoms with E-state index in [0.717, 1.165) is 27.7 Å². The lowest BCUT2D eigenvalue weighted by Gasteiger charge is -2.02. The molecule has 25 heavy (non-hydrogen) atoms. The minimum atomic E-state index is -0.376. The number of esters is 2. The molecule has 3 rings (SSSR count). The van der Waals surface area contributed by atoms with E-state index >= 15 is 0 Å². The van der Waals surface area contributed by atoms with Gasteiger partial charge in [0.1, 0.15) is 11.4 Å². The number of aromatic nitrogens is 1. The number of hydrogen-bond acceptors (Lipinski definition) is 5. The zero-order valence-corrected chi connectivity index (χ0v) is 14.5. The average Bonchev–Trinajstić information content (AvgIpc) is 3.18. The van der Waals surface area contributed by atoms with E-state index in [1.54, 1.807) is 19.9 Å². The Kier molecular flexibility index (Phi) is 4.70. The Labute approximate surface area is 145 Å². The van der Waals surface area contributed by atoms with E-state index in [1.165, 1.54) is 0 Å². The fourth-order valence-electron chi connectivity index (χ4n) is 2.85. The van der Waals surface area contributed by atoms with Gasteiger partial charge >= 0.3 is 11.9 Å². The van der Waals surface area contributed by atoms with E-state index in [0.29, 0.717) is 31.0 Å². The van der Waals surface area contributed by atoms with Crippen molar-refractivity contribution in [2.45, 2.75) is 27.2 Å². The van der Waals surface area contributed by atoms with Crippen LogP contribution in [0.25, 0.3) is 16.6 Å². The largest absolute Gasteiger partial charge is 0.461 e. The summed E-state index contributed by atoms with van der Waals surface area (Å²) in [6.45, 7) is 6.16. The Morgan fingerprint density at radius 1 is 1.12 bits per heavy atom. The highest BCUT2D eigenvalue weighted by atomic mass is 16.5. The molecular weight excluding hydrogens is 320 g/mol. The topological polar surface area (TPSA) is 80.8 Å². The highest BCUT2D eigenvalue weighted by Gasteiger charge is 2.23. The van der Waals surface area contributed by atoms with Crippen LogP contribution >= 0.6 is 0 Å². The van der Waals surface area contributed by atoms with Gasteiger partial charge in [0.2, 0.25) is 0 Å². The minimum Gasteiger partial charge on any atom is -0.461 e. The molecule has 0 fully saturated rings. The van der Waals surface area contributed by atoms with Crippen molar-refractivity contribution >= 4 is 34.3 Å². The second kappa shape index (κ2) is 6.93. The summed E-state index contributed by atoms with van der Waals surface area (Å²) in [5.74, 6) is -0.747. The van der Waals surface area contributed by atoms with E-state index in [4.69, 9.17) is 9.47 Å². The number of allylic oxidation sites excluding steroid dienone is 1. The molecule has 0 saturated heterocycles. The maximum absolute atomic E-state index is 11.9. The van der Waals surface area contributed by atoms with Crippen molar-refractivity contribution in [3.63, 3.8) is 0 Å². The Morgan fingerprint density at radius 2 is 1.84 bits per heavy atom. The number of hydrogen-bond donors (Lipinski definition) is 1. The maximum Gasteiger partial charge on any atom is 0.354 e. The van der Waals surface area contributed by atoms with E-state index in [-0.39, 0.29) is 11.9 Å². The van der Waals surface area contributed by atoms with Gasteiger partial charge in [-0.2, -0.15) is 0 Å². The standard InChI is InChI=1S/C19H20N2O4/c1-4-24-18(22)15-8-11(3)17(21-15)12-6-7-14-13(9-12)10-16(20-14)19(23)25-5-2/h6-7,9-10,20H,4-5,8H2,1-3H3. The maximum atomic E-state index is 11.9. The van der Waals surface area contributed by atoms with Gasteiger partial charge in [-0.15, -0.1) is 0 Å². The van der Waals surface area contributed by atoms with Gasteiger partial charge in [-0.25, -0.2) is 14.6 Å². The summed E-state index contributed by atoms with van der Waals surface area (Å²) in [6.07, 6.45) is 0.493. The number of nitrogens with zero attached hydrogens (tertiary/aromatic N) is 1. The summed E-state index contributed by atoms with van der Waals surface area (Å²) in [5, 5.41) is 0.889. The van der Waals surface area contributed by atoms with Gasteiger partial charge < -0.3 is 14.5 Å². The van der Waals surface area contributed by atoms with Gasteiger partial charge in [0.25, 0.3) is 0 Å². The van der Waals surface area contributed by atoms with Crippen LogP contribution in [-0.2, 0) is 14.3 Å². The number of aromatic amines is 1. The molecule has 0 atom stereocenters. The molecule has 0 unspecified atom stereocenters. The Balaban J connectivity index is 1.92. The van der Waals surface area contributed by atoms with Gasteiger partial charge in [0.15, 0.2) is 0 Å². The van der Waals surface area contributed by atoms with Gasteiger partial charge in [-0.3, -0.25) is 0 Å². The fraction of sp³-hybridized carbons (Fsp3) is 0.316. The number of carbonyl (C=O) groups is 2. The fourth-order valence-corrected chi connectivity index (χ4v) is 2.85. The van der Waals surface area contributed by atoms with Crippen molar-refractivity contribution in [1.82, 2.24) is 4.98 Å². The van der Waals surface area contributed by atoms with E-state index < -0.39 is 0 Å². The van der Waals surface area contributed by atoms with E-state index in [2.05, 4.69) is 9.98 Å². The van der Waals surface area contributed by atoms with Crippen molar-refractivity contribution in [3.05, 3.63) is 41.1 Å². The first-order chi connectivity index (χ1) is 12.0. The Hall–Kier alpha value is -2.89. The summed E-state index contributed by atoms with van der Waals surface area (Å²) < 4.78 is 10.0. The lowest BCUT2D eigenvalue weighted by molar-refractivity contribution is -0.135. The lowest BCUT2D eigenvalue weighted by atomic mass is 10.1. The zero-order valence-electron chi connectivity index (χ0n) is 14.5. The third-order valence-corrected chi connectivity index (χ3v) is 3.98. The Morgan fingerprint density at radius 3 is 2.56 bits per heavy atom. The molecule has 2 aromatic rings. The lowest BCUT2D eigenvalue weighted by Crippen LogP contribution is -2.15. The first-order valence-corrected chi connectivity index (χ1v) is 8.28. The number of aliphatic imine (C=N–C) groups is 1. The minimum absolute atomic E-state index is 0.330. The number of fused-ring (bicyclic) bond motifs is 1. The first-order valence-electron chi connectivity index (χ1n) is 8.28. The molecule has 1 aromatic carbocycles. The van der Waals surface area contributed by atoms with Gasteiger partial charge in [0.05, 0.1) is 18.9 Å². The number of benzene rings is 1. The molecule has 130 valence electrons. The molecule has 1 N–H and O–H groups in total. The Bertz CT molecular complexity index is 905. The second-order valence-corrected chi connectivity index (χ2v) is 5.79. The summed E-state index contributed by atoms with van der Waals surface area (Å²) in [6, 6.07) is 7.53.